The largest absolute Gasteiger partial charge is 0.373 e. The molecule has 1 aliphatic heterocycles. The van der Waals surface area contributed by atoms with Crippen molar-refractivity contribution >= 4 is 11.7 Å². The van der Waals surface area contributed by atoms with Crippen LogP contribution in [0.4, 0.5) is 5.82 Å². The molecule has 1 aromatic carbocycles. The van der Waals surface area contributed by atoms with Gasteiger partial charge in [0.25, 0.3) is 0 Å². The van der Waals surface area contributed by atoms with Crippen molar-refractivity contribution in [3.8, 4) is 5.69 Å². The van der Waals surface area contributed by atoms with Crippen LogP contribution in [0.15, 0.2) is 36.4 Å². The number of para-hydroxylation sites is 1. The molecule has 1 aliphatic carbocycles. The molecule has 6 heteroatoms. The Morgan fingerprint density at radius 3 is 2.54 bits per heavy atom. The van der Waals surface area contributed by atoms with E-state index in [1.165, 1.54) is 12.8 Å². The van der Waals surface area contributed by atoms with E-state index in [2.05, 4.69) is 10.2 Å². The van der Waals surface area contributed by atoms with Crippen LogP contribution in [0.5, 0.6) is 0 Å². The highest BCUT2D eigenvalue weighted by molar-refractivity contribution is 5.91. The highest BCUT2D eigenvalue weighted by Gasteiger charge is 2.28. The topological polar surface area (TPSA) is 59.4 Å². The van der Waals surface area contributed by atoms with Gasteiger partial charge in [-0.25, -0.2) is 4.68 Å². The Balaban J connectivity index is 1.49. The van der Waals surface area contributed by atoms with Gasteiger partial charge in [0.1, 0.15) is 5.82 Å². The maximum atomic E-state index is 12.6. The van der Waals surface area contributed by atoms with Gasteiger partial charge >= 0.3 is 0 Å². The van der Waals surface area contributed by atoms with Crippen molar-refractivity contribution in [2.24, 2.45) is 0 Å². The van der Waals surface area contributed by atoms with E-state index in [9.17, 15) is 4.79 Å². The van der Waals surface area contributed by atoms with Crippen molar-refractivity contribution in [1.82, 2.24) is 14.7 Å². The molecule has 0 spiro atoms. The van der Waals surface area contributed by atoms with Gasteiger partial charge in [-0.1, -0.05) is 18.2 Å². The van der Waals surface area contributed by atoms with Crippen molar-refractivity contribution in [2.45, 2.75) is 44.8 Å². The number of hydrogen-bond acceptors (Lipinski definition) is 4. The summed E-state index contributed by atoms with van der Waals surface area (Å²) >= 11 is 0. The van der Waals surface area contributed by atoms with Crippen LogP contribution in [0.3, 0.4) is 0 Å². The molecule has 1 N–H and O–H groups in total. The summed E-state index contributed by atoms with van der Waals surface area (Å²) in [6.45, 7) is 6.03. The molecule has 1 saturated heterocycles. The molecule has 26 heavy (non-hydrogen) atoms. The maximum absolute atomic E-state index is 12.6. The summed E-state index contributed by atoms with van der Waals surface area (Å²) < 4.78 is 7.59. The van der Waals surface area contributed by atoms with Gasteiger partial charge in [0, 0.05) is 25.1 Å². The first-order valence-corrected chi connectivity index (χ1v) is 9.41. The zero-order valence-electron chi connectivity index (χ0n) is 15.4. The number of rotatable bonds is 5. The molecule has 1 saturated carbocycles. The molecule has 0 radical (unpaired) electrons. The monoisotopic (exact) mass is 354 g/mol. The molecule has 6 nitrogen and oxygen atoms in total. The average molecular weight is 354 g/mol. The summed E-state index contributed by atoms with van der Waals surface area (Å²) in [4.78, 5) is 14.8. The highest BCUT2D eigenvalue weighted by Crippen LogP contribution is 2.40. The van der Waals surface area contributed by atoms with Crippen LogP contribution in [0.1, 0.15) is 38.3 Å². The lowest BCUT2D eigenvalue weighted by Gasteiger charge is -2.34. The minimum atomic E-state index is -0.00859. The fourth-order valence-corrected chi connectivity index (χ4v) is 3.63. The van der Waals surface area contributed by atoms with Gasteiger partial charge in [-0.2, -0.15) is 5.10 Å². The first-order valence-electron chi connectivity index (χ1n) is 9.41. The lowest BCUT2D eigenvalue weighted by Crippen LogP contribution is -2.48. The second kappa shape index (κ2) is 7.21. The molecule has 2 aromatic rings. The molecule has 2 heterocycles. The second-order valence-corrected chi connectivity index (χ2v) is 7.48. The van der Waals surface area contributed by atoms with Crippen molar-refractivity contribution in [1.29, 1.82) is 0 Å². The zero-order chi connectivity index (χ0) is 18.1. The second-order valence-electron chi connectivity index (χ2n) is 7.48. The summed E-state index contributed by atoms with van der Waals surface area (Å²) in [5.74, 6) is 1.28. The number of nitrogens with zero attached hydrogens (tertiary/aromatic N) is 3. The standard InChI is InChI=1S/C20H26N4O2/c1-14-11-23(12-15(2)26-14)13-20(25)21-19-10-18(16-8-9-16)22-24(19)17-6-4-3-5-7-17/h3-7,10,14-16H,8-9,11-13H2,1-2H3,(H,21,25). The van der Waals surface area contributed by atoms with Crippen LogP contribution in [-0.4, -0.2) is 52.4 Å². The molecule has 138 valence electrons. The highest BCUT2D eigenvalue weighted by atomic mass is 16.5. The van der Waals surface area contributed by atoms with Gasteiger partial charge in [-0.3, -0.25) is 9.69 Å². The third kappa shape index (κ3) is 3.97. The number of hydrogen-bond donors (Lipinski definition) is 1. The van der Waals surface area contributed by atoms with Crippen LogP contribution in [0.25, 0.3) is 5.69 Å². The molecule has 0 bridgehead atoms. The molecule has 2 unspecified atom stereocenters. The molecular weight excluding hydrogens is 328 g/mol. The van der Waals surface area contributed by atoms with Crippen molar-refractivity contribution in [3.05, 3.63) is 42.1 Å². The number of aromatic nitrogens is 2. The average Bonchev–Trinajstić information content (AvgIpc) is 3.36. The summed E-state index contributed by atoms with van der Waals surface area (Å²) in [5.41, 5.74) is 2.03. The molecule has 1 aromatic heterocycles. The van der Waals surface area contributed by atoms with Crippen molar-refractivity contribution in [3.63, 3.8) is 0 Å². The molecule has 2 fully saturated rings. The van der Waals surface area contributed by atoms with Gasteiger partial charge in [0.2, 0.25) is 5.91 Å². The quantitative estimate of drug-likeness (QED) is 0.897. The van der Waals surface area contributed by atoms with Gasteiger partial charge in [-0.15, -0.1) is 0 Å². The number of anilines is 1. The smallest absolute Gasteiger partial charge is 0.239 e. The Labute approximate surface area is 154 Å². The summed E-state index contributed by atoms with van der Waals surface area (Å²) in [7, 11) is 0. The predicted molar refractivity (Wildman–Crippen MR) is 101 cm³/mol. The van der Waals surface area contributed by atoms with Gasteiger partial charge in [-0.05, 0) is 38.8 Å². The molecule has 2 aliphatic rings. The summed E-state index contributed by atoms with van der Waals surface area (Å²) in [5, 5.41) is 7.80. The van der Waals surface area contributed by atoms with E-state index in [4.69, 9.17) is 9.84 Å². The van der Waals surface area contributed by atoms with E-state index in [1.807, 2.05) is 54.9 Å². The first-order chi connectivity index (χ1) is 12.6. The summed E-state index contributed by atoms with van der Waals surface area (Å²) in [6, 6.07) is 12.0. The van der Waals surface area contributed by atoms with Gasteiger partial charge < -0.3 is 10.1 Å². The number of carbonyl (C=O) groups is 1. The van der Waals surface area contributed by atoms with E-state index in [1.54, 1.807) is 0 Å². The molecular formula is C20H26N4O2. The van der Waals surface area contributed by atoms with Crippen LogP contribution >= 0.6 is 0 Å². The van der Waals surface area contributed by atoms with Gasteiger partial charge in [0.15, 0.2) is 0 Å². The van der Waals surface area contributed by atoms with E-state index in [0.717, 1.165) is 30.3 Å². The van der Waals surface area contributed by atoms with Crippen molar-refractivity contribution in [2.75, 3.05) is 25.0 Å². The number of carbonyl (C=O) groups excluding carboxylic acids is 1. The Bertz CT molecular complexity index is 759. The van der Waals surface area contributed by atoms with Crippen LogP contribution in [0, 0.1) is 0 Å². The Morgan fingerprint density at radius 2 is 1.88 bits per heavy atom. The predicted octanol–water partition coefficient (Wildman–Crippen LogP) is 2.80. The fraction of sp³-hybridized carbons (Fsp3) is 0.500. The fourth-order valence-electron chi connectivity index (χ4n) is 3.63. The summed E-state index contributed by atoms with van der Waals surface area (Å²) in [6.07, 6.45) is 2.68. The number of amides is 1. The zero-order valence-corrected chi connectivity index (χ0v) is 15.4. The number of nitrogens with one attached hydrogen (secondary N) is 1. The Morgan fingerprint density at radius 1 is 1.19 bits per heavy atom. The van der Waals surface area contributed by atoms with E-state index in [-0.39, 0.29) is 18.1 Å². The van der Waals surface area contributed by atoms with Crippen LogP contribution < -0.4 is 5.32 Å². The lowest BCUT2D eigenvalue weighted by molar-refractivity contribution is -0.121. The third-order valence-electron chi connectivity index (χ3n) is 4.85. The van der Waals surface area contributed by atoms with Crippen molar-refractivity contribution < 1.29 is 9.53 Å². The normalized spacial score (nSPS) is 23.8. The maximum Gasteiger partial charge on any atom is 0.239 e. The third-order valence-corrected chi connectivity index (χ3v) is 4.85. The minimum absolute atomic E-state index is 0.00859. The van der Waals surface area contributed by atoms with E-state index < -0.39 is 0 Å². The molecule has 4 rings (SSSR count). The SMILES string of the molecule is CC1CN(CC(=O)Nc2cc(C3CC3)nn2-c2ccccc2)CC(C)O1. The minimum Gasteiger partial charge on any atom is -0.373 e. The Hall–Kier alpha value is -2.18. The van der Waals surface area contributed by atoms with Crippen LogP contribution in [-0.2, 0) is 9.53 Å². The van der Waals surface area contributed by atoms with Gasteiger partial charge in [0.05, 0.1) is 30.1 Å². The molecule has 1 amide bonds. The first kappa shape index (κ1) is 17.2. The lowest BCUT2D eigenvalue weighted by atomic mass is 10.2. The Kier molecular flexibility index (Phi) is 4.78. The molecule has 2 atom stereocenters. The van der Waals surface area contributed by atoms with Crippen LogP contribution in [0.2, 0.25) is 0 Å². The van der Waals surface area contributed by atoms with E-state index in [0.29, 0.717) is 12.5 Å². The number of ether oxygens (including phenoxy) is 1. The van der Waals surface area contributed by atoms with E-state index >= 15 is 0 Å². The number of benzene rings is 1. The number of morpholine rings is 1.